The predicted molar refractivity (Wildman–Crippen MR) is 110 cm³/mol. The maximum atomic E-state index is 12.7. The van der Waals surface area contributed by atoms with Gasteiger partial charge in [-0.05, 0) is 74.1 Å². The van der Waals surface area contributed by atoms with Crippen molar-refractivity contribution in [1.82, 2.24) is 5.32 Å². The van der Waals surface area contributed by atoms with E-state index < -0.39 is 0 Å². The van der Waals surface area contributed by atoms with Gasteiger partial charge in [0.15, 0.2) is 0 Å². The van der Waals surface area contributed by atoms with Crippen LogP contribution in [-0.4, -0.2) is 44.5 Å². The molecule has 1 spiro atoms. The first-order valence-corrected chi connectivity index (χ1v) is 11.2. The number of carbonyl (C=O) groups excluding carboxylic acids is 1. The minimum atomic E-state index is -0.0156. The lowest BCUT2D eigenvalue weighted by Crippen LogP contribution is -2.51. The van der Waals surface area contributed by atoms with Crippen LogP contribution in [0.5, 0.6) is 5.75 Å². The van der Waals surface area contributed by atoms with Gasteiger partial charge in [-0.25, -0.2) is 0 Å². The average molecular weight is 400 g/mol. The molecule has 0 radical (unpaired) electrons. The molecule has 6 atom stereocenters. The Morgan fingerprint density at radius 1 is 1.24 bits per heavy atom. The summed E-state index contributed by atoms with van der Waals surface area (Å²) >= 11 is 0. The molecule has 0 bridgehead atoms. The Kier molecular flexibility index (Phi) is 4.86. The lowest BCUT2D eigenvalue weighted by atomic mass is 9.53. The van der Waals surface area contributed by atoms with E-state index in [2.05, 4.69) is 24.4 Å². The average Bonchev–Trinajstić information content (AvgIpc) is 3.41. The molecule has 5 rings (SSSR count). The number of epoxide rings is 1. The van der Waals surface area contributed by atoms with Crippen molar-refractivity contribution in [2.24, 2.45) is 23.2 Å². The van der Waals surface area contributed by atoms with Crippen LogP contribution in [-0.2, 0) is 20.7 Å². The number of rotatable bonds is 6. The lowest BCUT2D eigenvalue weighted by Gasteiger charge is -2.51. The number of methoxy groups -OCH3 is 1. The fourth-order valence-electron chi connectivity index (χ4n) is 6.47. The highest BCUT2D eigenvalue weighted by molar-refractivity contribution is 5.75. The van der Waals surface area contributed by atoms with E-state index in [0.29, 0.717) is 18.4 Å². The van der Waals surface area contributed by atoms with Crippen molar-refractivity contribution in [3.05, 3.63) is 29.8 Å². The van der Waals surface area contributed by atoms with Gasteiger partial charge < -0.3 is 19.5 Å². The zero-order valence-electron chi connectivity index (χ0n) is 17.6. The number of ether oxygens (including phenoxy) is 3. The number of hydrogen-bond acceptors (Lipinski definition) is 5. The molecule has 5 heteroatoms. The van der Waals surface area contributed by atoms with Crippen LogP contribution in [0.4, 0.5) is 0 Å². The maximum Gasteiger partial charge on any atom is 0.310 e. The molecule has 1 aromatic carbocycles. The maximum absolute atomic E-state index is 12.7. The first-order chi connectivity index (χ1) is 14.0. The molecule has 2 saturated heterocycles. The van der Waals surface area contributed by atoms with Crippen molar-refractivity contribution < 1.29 is 19.0 Å². The van der Waals surface area contributed by atoms with E-state index in [-0.39, 0.29) is 29.0 Å². The van der Waals surface area contributed by atoms with Crippen molar-refractivity contribution in [3.8, 4) is 5.75 Å². The summed E-state index contributed by atoms with van der Waals surface area (Å²) in [4.78, 5) is 12.7. The summed E-state index contributed by atoms with van der Waals surface area (Å²) in [5, 5.41) is 3.52. The molecule has 2 aliphatic heterocycles. The Labute approximate surface area is 173 Å². The molecule has 0 aromatic heterocycles. The standard InChI is InChI=1S/C24H33NO4/c1-23-9-3-10-24(15-28-24)21(23)12-18-19(22(26)29-20(18)13-23)14-25-11-8-16-4-6-17(27-2)7-5-16/h4-7,18-21,25H,3,8-15H2,1-2H3/t18-,19+,20-,21-,23-,24+/m1/s1. The summed E-state index contributed by atoms with van der Waals surface area (Å²) in [5.41, 5.74) is 1.66. The number of nitrogens with one attached hydrogen (secondary N) is 1. The Morgan fingerprint density at radius 3 is 2.76 bits per heavy atom. The predicted octanol–water partition coefficient (Wildman–Crippen LogP) is 3.35. The van der Waals surface area contributed by atoms with Crippen molar-refractivity contribution in [1.29, 1.82) is 0 Å². The van der Waals surface area contributed by atoms with Crippen molar-refractivity contribution in [3.63, 3.8) is 0 Å². The third kappa shape index (κ3) is 3.46. The van der Waals surface area contributed by atoms with Crippen LogP contribution in [0.25, 0.3) is 0 Å². The van der Waals surface area contributed by atoms with E-state index >= 15 is 0 Å². The topological polar surface area (TPSA) is 60.1 Å². The molecule has 2 aliphatic carbocycles. The van der Waals surface area contributed by atoms with Crippen LogP contribution in [0.2, 0.25) is 0 Å². The molecule has 1 aromatic rings. The summed E-state index contributed by atoms with van der Waals surface area (Å²) in [6, 6.07) is 8.18. The number of hydrogen-bond donors (Lipinski definition) is 1. The highest BCUT2D eigenvalue weighted by Crippen LogP contribution is 2.62. The second-order valence-electron chi connectivity index (χ2n) is 9.90. The Bertz CT molecular complexity index is 759. The van der Waals surface area contributed by atoms with Gasteiger partial charge >= 0.3 is 5.97 Å². The Morgan fingerprint density at radius 2 is 2.03 bits per heavy atom. The van der Waals surface area contributed by atoms with Crippen LogP contribution in [0.1, 0.15) is 44.6 Å². The molecule has 4 aliphatic rings. The van der Waals surface area contributed by atoms with E-state index in [1.165, 1.54) is 24.8 Å². The van der Waals surface area contributed by atoms with E-state index in [1.54, 1.807) is 7.11 Å². The van der Waals surface area contributed by atoms with E-state index in [4.69, 9.17) is 14.2 Å². The van der Waals surface area contributed by atoms with Crippen molar-refractivity contribution in [2.45, 2.75) is 57.2 Å². The SMILES string of the molecule is COc1ccc(CCNC[C@@H]2C(=O)O[C@@H]3C[C@@]4(C)CCC[C@]5(CO5)[C@@H]4C[C@H]23)cc1. The van der Waals surface area contributed by atoms with Gasteiger partial charge in [0.05, 0.1) is 25.2 Å². The highest BCUT2D eigenvalue weighted by atomic mass is 16.6. The Balaban J connectivity index is 1.18. The quantitative estimate of drug-likeness (QED) is 0.452. The second-order valence-corrected chi connectivity index (χ2v) is 9.90. The molecule has 2 heterocycles. The summed E-state index contributed by atoms with van der Waals surface area (Å²) in [6.45, 7) is 4.91. The number of benzene rings is 1. The molecular weight excluding hydrogens is 366 g/mol. The van der Waals surface area contributed by atoms with Gasteiger partial charge in [0.25, 0.3) is 0 Å². The van der Waals surface area contributed by atoms with Crippen LogP contribution < -0.4 is 10.1 Å². The molecule has 158 valence electrons. The van der Waals surface area contributed by atoms with Crippen LogP contribution >= 0.6 is 0 Å². The van der Waals surface area contributed by atoms with Gasteiger partial charge in [-0.3, -0.25) is 4.79 Å². The van der Waals surface area contributed by atoms with Crippen LogP contribution in [0.3, 0.4) is 0 Å². The van der Waals surface area contributed by atoms with E-state index in [9.17, 15) is 4.79 Å². The van der Waals surface area contributed by atoms with Crippen LogP contribution in [0.15, 0.2) is 24.3 Å². The van der Waals surface area contributed by atoms with Gasteiger partial charge in [0.2, 0.25) is 0 Å². The molecule has 2 saturated carbocycles. The second kappa shape index (κ2) is 7.28. The molecule has 0 amide bonds. The van der Waals surface area contributed by atoms with E-state index in [0.717, 1.165) is 38.2 Å². The van der Waals surface area contributed by atoms with Gasteiger partial charge in [-0.15, -0.1) is 0 Å². The molecule has 1 N–H and O–H groups in total. The monoisotopic (exact) mass is 399 g/mol. The summed E-state index contributed by atoms with van der Waals surface area (Å²) in [7, 11) is 1.68. The molecule has 29 heavy (non-hydrogen) atoms. The minimum Gasteiger partial charge on any atom is -0.497 e. The zero-order valence-corrected chi connectivity index (χ0v) is 17.6. The van der Waals surface area contributed by atoms with Gasteiger partial charge in [0, 0.05) is 12.5 Å². The lowest BCUT2D eigenvalue weighted by molar-refractivity contribution is -0.147. The fraction of sp³-hybridized carbons (Fsp3) is 0.708. The summed E-state index contributed by atoms with van der Waals surface area (Å²) in [5.74, 6) is 1.79. The smallest absolute Gasteiger partial charge is 0.310 e. The zero-order chi connectivity index (χ0) is 20.1. The highest BCUT2D eigenvalue weighted by Gasteiger charge is 2.64. The fourth-order valence-corrected chi connectivity index (χ4v) is 6.47. The van der Waals surface area contributed by atoms with Gasteiger partial charge in [0.1, 0.15) is 11.9 Å². The van der Waals surface area contributed by atoms with Crippen molar-refractivity contribution in [2.75, 3.05) is 26.8 Å². The molecular formula is C24H33NO4. The van der Waals surface area contributed by atoms with Gasteiger partial charge in [-0.1, -0.05) is 19.1 Å². The summed E-state index contributed by atoms with van der Waals surface area (Å²) in [6.07, 6.45) is 6.83. The molecule has 5 nitrogen and oxygen atoms in total. The third-order valence-electron chi connectivity index (χ3n) is 8.19. The number of esters is 1. The number of carbonyl (C=O) groups is 1. The third-order valence-corrected chi connectivity index (χ3v) is 8.19. The Hall–Kier alpha value is -1.59. The van der Waals surface area contributed by atoms with Gasteiger partial charge in [-0.2, -0.15) is 0 Å². The van der Waals surface area contributed by atoms with Crippen molar-refractivity contribution >= 4 is 5.97 Å². The largest absolute Gasteiger partial charge is 0.497 e. The summed E-state index contributed by atoms with van der Waals surface area (Å²) < 4.78 is 17.1. The first kappa shape index (κ1) is 19.4. The first-order valence-electron chi connectivity index (χ1n) is 11.2. The van der Waals surface area contributed by atoms with E-state index in [1.807, 2.05) is 12.1 Å². The minimum absolute atomic E-state index is 0.00459. The number of fused-ring (bicyclic) bond motifs is 3. The van der Waals surface area contributed by atoms with Crippen LogP contribution in [0, 0.1) is 23.2 Å². The normalized spacial score (nSPS) is 40.3. The molecule has 4 fully saturated rings. The molecule has 0 unspecified atom stereocenters.